The number of alkyl carbamates (subject to hydrolysis) is 1. The van der Waals surface area contributed by atoms with Gasteiger partial charge < -0.3 is 19.2 Å². The van der Waals surface area contributed by atoms with E-state index in [1.807, 2.05) is 13.8 Å². The number of oxazole rings is 1. The molecule has 7 nitrogen and oxygen atoms in total. The average Bonchev–Trinajstić information content (AvgIpc) is 2.81. The van der Waals surface area contributed by atoms with E-state index in [9.17, 15) is 9.59 Å². The van der Waals surface area contributed by atoms with Gasteiger partial charge in [-0.2, -0.15) is 0 Å². The van der Waals surface area contributed by atoms with Crippen molar-refractivity contribution in [2.45, 2.75) is 46.3 Å². The van der Waals surface area contributed by atoms with Crippen molar-refractivity contribution in [3.8, 4) is 0 Å². The van der Waals surface area contributed by atoms with Crippen molar-refractivity contribution in [3.63, 3.8) is 0 Å². The highest BCUT2D eigenvalue weighted by atomic mass is 16.6. The van der Waals surface area contributed by atoms with Crippen molar-refractivity contribution in [3.05, 3.63) is 17.8 Å². The Balaban J connectivity index is 2.85. The van der Waals surface area contributed by atoms with E-state index in [0.29, 0.717) is 0 Å². The first-order valence-corrected chi connectivity index (χ1v) is 6.67. The van der Waals surface area contributed by atoms with Crippen LogP contribution < -0.4 is 5.32 Å². The van der Waals surface area contributed by atoms with Crippen molar-refractivity contribution in [1.29, 1.82) is 0 Å². The fourth-order valence-corrected chi connectivity index (χ4v) is 1.58. The summed E-state index contributed by atoms with van der Waals surface area (Å²) in [6, 6.07) is -0.502. The summed E-state index contributed by atoms with van der Waals surface area (Å²) in [6.07, 6.45) is 0.631. The molecule has 0 aliphatic heterocycles. The molecule has 0 spiro atoms. The van der Waals surface area contributed by atoms with Gasteiger partial charge in [-0.1, -0.05) is 13.8 Å². The van der Waals surface area contributed by atoms with Gasteiger partial charge in [0.05, 0.1) is 7.11 Å². The largest absolute Gasteiger partial charge is 0.464 e. The molecule has 0 radical (unpaired) electrons. The van der Waals surface area contributed by atoms with Crippen LogP contribution in [-0.2, 0) is 9.47 Å². The molecule has 1 amide bonds. The number of aromatic nitrogens is 1. The van der Waals surface area contributed by atoms with E-state index in [1.54, 1.807) is 20.8 Å². The van der Waals surface area contributed by atoms with Gasteiger partial charge in [-0.05, 0) is 26.7 Å². The van der Waals surface area contributed by atoms with Gasteiger partial charge in [-0.3, -0.25) is 0 Å². The van der Waals surface area contributed by atoms with E-state index in [0.717, 1.165) is 0 Å². The van der Waals surface area contributed by atoms with Crippen molar-refractivity contribution >= 4 is 12.1 Å². The van der Waals surface area contributed by atoms with Crippen LogP contribution >= 0.6 is 0 Å². The predicted octanol–water partition coefficient (Wildman–Crippen LogP) is 2.68. The molecule has 0 fully saturated rings. The maximum absolute atomic E-state index is 11.8. The minimum Gasteiger partial charge on any atom is -0.464 e. The molecule has 1 N–H and O–H groups in total. The maximum atomic E-state index is 11.8. The molecule has 0 unspecified atom stereocenters. The predicted molar refractivity (Wildman–Crippen MR) is 74.8 cm³/mol. The second-order valence-corrected chi connectivity index (χ2v) is 5.93. The number of methoxy groups -OCH3 is 1. The Kier molecular flexibility index (Phi) is 5.34. The van der Waals surface area contributed by atoms with E-state index in [-0.39, 0.29) is 17.5 Å². The lowest BCUT2D eigenvalue weighted by atomic mass is 10.0. The van der Waals surface area contributed by atoms with E-state index >= 15 is 0 Å². The Morgan fingerprint density at radius 2 is 1.95 bits per heavy atom. The number of hydrogen-bond acceptors (Lipinski definition) is 6. The Labute approximate surface area is 124 Å². The normalized spacial score (nSPS) is 12.9. The molecule has 7 heteroatoms. The third-order valence-corrected chi connectivity index (χ3v) is 2.52. The summed E-state index contributed by atoms with van der Waals surface area (Å²) >= 11 is 0. The molecule has 1 aromatic heterocycles. The van der Waals surface area contributed by atoms with Crippen molar-refractivity contribution in [2.24, 2.45) is 5.92 Å². The van der Waals surface area contributed by atoms with Crippen molar-refractivity contribution < 1.29 is 23.5 Å². The second-order valence-electron chi connectivity index (χ2n) is 5.93. The zero-order valence-electron chi connectivity index (χ0n) is 13.2. The Hall–Kier alpha value is -2.05. The molecule has 21 heavy (non-hydrogen) atoms. The highest BCUT2D eigenvalue weighted by Gasteiger charge is 2.27. The fourth-order valence-electron chi connectivity index (χ4n) is 1.58. The third-order valence-electron chi connectivity index (χ3n) is 2.52. The van der Waals surface area contributed by atoms with Gasteiger partial charge in [-0.25, -0.2) is 14.6 Å². The van der Waals surface area contributed by atoms with Gasteiger partial charge in [0.2, 0.25) is 5.89 Å². The molecule has 118 valence electrons. The van der Waals surface area contributed by atoms with Gasteiger partial charge >= 0.3 is 12.1 Å². The molecule has 0 bridgehead atoms. The highest BCUT2D eigenvalue weighted by molar-refractivity contribution is 5.86. The number of amides is 1. The first-order valence-electron chi connectivity index (χ1n) is 6.67. The summed E-state index contributed by atoms with van der Waals surface area (Å²) < 4.78 is 15.0. The van der Waals surface area contributed by atoms with E-state index in [4.69, 9.17) is 9.15 Å². The molecule has 1 atom stereocenters. The van der Waals surface area contributed by atoms with Crippen LogP contribution in [0.1, 0.15) is 57.0 Å². The number of hydrogen-bond donors (Lipinski definition) is 1. The number of rotatable bonds is 4. The second kappa shape index (κ2) is 6.60. The number of ether oxygens (including phenoxy) is 2. The van der Waals surface area contributed by atoms with Crippen LogP contribution in [0.25, 0.3) is 0 Å². The quantitative estimate of drug-likeness (QED) is 0.859. The van der Waals surface area contributed by atoms with Gasteiger partial charge in [0.25, 0.3) is 0 Å². The maximum Gasteiger partial charge on any atom is 0.408 e. The number of esters is 1. The first-order chi connectivity index (χ1) is 9.64. The topological polar surface area (TPSA) is 90.7 Å². The lowest BCUT2D eigenvalue weighted by molar-refractivity contribution is 0.0479. The van der Waals surface area contributed by atoms with Crippen LogP contribution in [0.2, 0.25) is 0 Å². The van der Waals surface area contributed by atoms with Crippen LogP contribution in [0.5, 0.6) is 0 Å². The first kappa shape index (κ1) is 17.0. The Morgan fingerprint density at radius 3 is 2.43 bits per heavy atom. The van der Waals surface area contributed by atoms with Crippen LogP contribution in [0.3, 0.4) is 0 Å². The molecule has 0 aliphatic carbocycles. The molecular weight excluding hydrogens is 276 g/mol. The highest BCUT2D eigenvalue weighted by Crippen LogP contribution is 2.22. The number of carbonyl (C=O) groups is 2. The minimum atomic E-state index is -0.598. The molecule has 0 aromatic carbocycles. The standard InChI is InChI=1S/C14H22N2O5/c1-8(2)10(16-13(18)21-14(3,4)5)11-15-9(7-20-11)12(17)19-6/h7-8,10H,1-6H3,(H,16,18)/t10-/m0/s1. The van der Waals surface area contributed by atoms with Gasteiger partial charge in [-0.15, -0.1) is 0 Å². The molecule has 0 saturated heterocycles. The molecular formula is C14H22N2O5. The number of nitrogens with one attached hydrogen (secondary N) is 1. The fraction of sp³-hybridized carbons (Fsp3) is 0.643. The summed E-state index contributed by atoms with van der Waals surface area (Å²) in [4.78, 5) is 27.3. The zero-order valence-corrected chi connectivity index (χ0v) is 13.2. The van der Waals surface area contributed by atoms with Gasteiger partial charge in [0.1, 0.15) is 17.9 Å². The summed E-state index contributed by atoms with van der Waals surface area (Å²) in [5.41, 5.74) is -0.538. The summed E-state index contributed by atoms with van der Waals surface area (Å²) in [5.74, 6) is -0.359. The van der Waals surface area contributed by atoms with E-state index in [1.165, 1.54) is 13.4 Å². The molecule has 1 aromatic rings. The van der Waals surface area contributed by atoms with Crippen molar-refractivity contribution in [1.82, 2.24) is 10.3 Å². The molecule has 1 heterocycles. The zero-order chi connectivity index (χ0) is 16.2. The third kappa shape index (κ3) is 5.09. The molecule has 0 aliphatic rings. The van der Waals surface area contributed by atoms with Gasteiger partial charge in [0.15, 0.2) is 5.69 Å². The summed E-state index contributed by atoms with van der Waals surface area (Å²) in [7, 11) is 1.26. The Morgan fingerprint density at radius 1 is 1.33 bits per heavy atom. The molecule has 1 rings (SSSR count). The summed E-state index contributed by atoms with van der Waals surface area (Å²) in [5, 5.41) is 2.69. The van der Waals surface area contributed by atoms with E-state index < -0.39 is 23.7 Å². The van der Waals surface area contributed by atoms with Crippen LogP contribution in [0.15, 0.2) is 10.7 Å². The van der Waals surface area contributed by atoms with Gasteiger partial charge in [0, 0.05) is 0 Å². The van der Waals surface area contributed by atoms with E-state index in [2.05, 4.69) is 15.0 Å². The smallest absolute Gasteiger partial charge is 0.408 e. The lowest BCUT2D eigenvalue weighted by Crippen LogP contribution is -2.37. The SMILES string of the molecule is COC(=O)c1coc([C@@H](NC(=O)OC(C)(C)C)C(C)C)n1. The van der Waals surface area contributed by atoms with Crippen molar-refractivity contribution in [2.75, 3.05) is 7.11 Å². The van der Waals surface area contributed by atoms with Crippen LogP contribution in [0, 0.1) is 5.92 Å². The lowest BCUT2D eigenvalue weighted by Gasteiger charge is -2.24. The van der Waals surface area contributed by atoms with Crippen LogP contribution in [-0.4, -0.2) is 29.8 Å². The Bertz CT molecular complexity index is 502. The summed E-state index contributed by atoms with van der Waals surface area (Å²) in [6.45, 7) is 9.11. The monoisotopic (exact) mass is 298 g/mol. The number of nitrogens with zero attached hydrogens (tertiary/aromatic N) is 1. The van der Waals surface area contributed by atoms with Crippen LogP contribution in [0.4, 0.5) is 4.79 Å². The average molecular weight is 298 g/mol. The number of carbonyl (C=O) groups excluding carboxylic acids is 2. The minimum absolute atomic E-state index is 0.00154. The molecule has 0 saturated carbocycles.